The van der Waals surface area contributed by atoms with Gasteiger partial charge in [0.15, 0.2) is 0 Å². The second kappa shape index (κ2) is 9.55. The van der Waals surface area contributed by atoms with Crippen LogP contribution in [0.25, 0.3) is 5.69 Å². The Morgan fingerprint density at radius 2 is 2.06 bits per heavy atom. The first-order chi connectivity index (χ1) is 16.0. The van der Waals surface area contributed by atoms with Crippen LogP contribution in [0.5, 0.6) is 0 Å². The lowest BCUT2D eigenvalue weighted by Gasteiger charge is -2.21. The van der Waals surface area contributed by atoms with Gasteiger partial charge in [-0.2, -0.15) is 4.98 Å². The topological polar surface area (TPSA) is 132 Å². The van der Waals surface area contributed by atoms with Gasteiger partial charge in [0.2, 0.25) is 5.95 Å². The first-order valence-electron chi connectivity index (χ1n) is 10.7. The van der Waals surface area contributed by atoms with Crippen molar-refractivity contribution in [3.8, 4) is 5.69 Å². The largest absolute Gasteiger partial charge is 0.449 e. The Balaban J connectivity index is 1.57. The number of benzene rings is 1. The molecule has 0 unspecified atom stereocenters. The Labute approximate surface area is 191 Å². The SMILES string of the molecule is CCNc1ncc2c(n1)N(C)CCN(c1cccc(-n3cnc(CCOC(N)=O)c3)c1)C2=O. The smallest absolute Gasteiger partial charge is 0.404 e. The highest BCUT2D eigenvalue weighted by atomic mass is 16.5. The van der Waals surface area contributed by atoms with Crippen molar-refractivity contribution >= 4 is 29.5 Å². The molecule has 3 heterocycles. The van der Waals surface area contributed by atoms with Crippen LogP contribution in [0.4, 0.5) is 22.2 Å². The molecule has 2 amide bonds. The van der Waals surface area contributed by atoms with Crippen LogP contribution in [0.2, 0.25) is 0 Å². The van der Waals surface area contributed by atoms with Gasteiger partial charge in [-0.15, -0.1) is 0 Å². The third-order valence-electron chi connectivity index (χ3n) is 5.28. The molecule has 3 aromatic rings. The Morgan fingerprint density at radius 3 is 2.85 bits per heavy atom. The maximum absolute atomic E-state index is 13.4. The van der Waals surface area contributed by atoms with Crippen LogP contribution >= 0.6 is 0 Å². The fourth-order valence-electron chi connectivity index (χ4n) is 3.62. The average molecular weight is 451 g/mol. The summed E-state index contributed by atoms with van der Waals surface area (Å²) >= 11 is 0. The number of carbonyl (C=O) groups excluding carboxylic acids is 2. The van der Waals surface area contributed by atoms with Gasteiger partial charge in [0.25, 0.3) is 5.91 Å². The fourth-order valence-corrected chi connectivity index (χ4v) is 3.62. The number of primary amides is 1. The van der Waals surface area contributed by atoms with Crippen LogP contribution in [-0.4, -0.2) is 64.8 Å². The second-order valence-electron chi connectivity index (χ2n) is 7.55. The molecule has 0 saturated heterocycles. The van der Waals surface area contributed by atoms with E-state index >= 15 is 0 Å². The molecule has 1 aliphatic heterocycles. The maximum atomic E-state index is 13.4. The minimum atomic E-state index is -0.806. The van der Waals surface area contributed by atoms with E-state index in [1.807, 2.05) is 53.9 Å². The van der Waals surface area contributed by atoms with Gasteiger partial charge in [0.05, 0.1) is 18.6 Å². The van der Waals surface area contributed by atoms with Crippen molar-refractivity contribution in [1.82, 2.24) is 19.5 Å². The van der Waals surface area contributed by atoms with Crippen molar-refractivity contribution in [1.29, 1.82) is 0 Å². The Kier molecular flexibility index (Phi) is 6.38. The molecule has 1 aliphatic rings. The average Bonchev–Trinajstić information content (AvgIpc) is 3.23. The number of imidazole rings is 1. The van der Waals surface area contributed by atoms with Gasteiger partial charge in [-0.05, 0) is 25.1 Å². The van der Waals surface area contributed by atoms with Crippen molar-refractivity contribution in [2.75, 3.05) is 48.4 Å². The standard InChI is InChI=1S/C22H26N8O3/c1-3-24-22-25-12-18-19(27-22)28(2)8-9-30(20(18)31)17-6-4-5-16(11-17)29-13-15(26-14-29)7-10-33-21(23)32/h4-6,11-14H,3,7-10H2,1-2H3,(H2,23,32)(H,24,25,27). The molecule has 1 aromatic carbocycles. The highest BCUT2D eigenvalue weighted by molar-refractivity contribution is 6.09. The number of fused-ring (bicyclic) bond motifs is 1. The summed E-state index contributed by atoms with van der Waals surface area (Å²) in [6, 6.07) is 7.66. The summed E-state index contributed by atoms with van der Waals surface area (Å²) in [6.07, 6.45) is 4.77. The zero-order valence-electron chi connectivity index (χ0n) is 18.6. The van der Waals surface area contributed by atoms with Crippen molar-refractivity contribution in [3.63, 3.8) is 0 Å². The Hall–Kier alpha value is -4.15. The second-order valence-corrected chi connectivity index (χ2v) is 7.55. The zero-order chi connectivity index (χ0) is 23.4. The number of hydrogen-bond donors (Lipinski definition) is 2. The highest BCUT2D eigenvalue weighted by Crippen LogP contribution is 2.27. The molecule has 172 valence electrons. The number of hydrogen-bond acceptors (Lipinski definition) is 8. The molecule has 3 N–H and O–H groups in total. The lowest BCUT2D eigenvalue weighted by Crippen LogP contribution is -2.33. The van der Waals surface area contributed by atoms with Crippen LogP contribution < -0.4 is 20.9 Å². The normalized spacial score (nSPS) is 13.5. The van der Waals surface area contributed by atoms with E-state index in [1.165, 1.54) is 0 Å². The number of rotatable bonds is 7. The molecule has 11 nitrogen and oxygen atoms in total. The van der Waals surface area contributed by atoms with Gasteiger partial charge < -0.3 is 30.2 Å². The minimum Gasteiger partial charge on any atom is -0.449 e. The van der Waals surface area contributed by atoms with Crippen LogP contribution in [0.15, 0.2) is 43.0 Å². The number of aromatic nitrogens is 4. The summed E-state index contributed by atoms with van der Waals surface area (Å²) in [6.45, 7) is 3.96. The summed E-state index contributed by atoms with van der Waals surface area (Å²) in [4.78, 5) is 41.0. The lowest BCUT2D eigenvalue weighted by molar-refractivity contribution is 0.0989. The molecule has 0 fully saturated rings. The van der Waals surface area contributed by atoms with Crippen LogP contribution in [0.3, 0.4) is 0 Å². The summed E-state index contributed by atoms with van der Waals surface area (Å²) in [7, 11) is 1.92. The van der Waals surface area contributed by atoms with E-state index in [9.17, 15) is 9.59 Å². The molecule has 0 aliphatic carbocycles. The first kappa shape index (κ1) is 22.1. The molecule has 0 radical (unpaired) electrons. The van der Waals surface area contributed by atoms with Gasteiger partial charge in [0, 0.05) is 56.9 Å². The number of nitrogens with zero attached hydrogens (tertiary/aromatic N) is 6. The van der Waals surface area contributed by atoms with Gasteiger partial charge in [-0.25, -0.2) is 14.8 Å². The van der Waals surface area contributed by atoms with Crippen molar-refractivity contribution in [2.45, 2.75) is 13.3 Å². The first-order valence-corrected chi connectivity index (χ1v) is 10.7. The van der Waals surface area contributed by atoms with E-state index in [2.05, 4.69) is 20.3 Å². The third kappa shape index (κ3) is 4.86. The van der Waals surface area contributed by atoms with Crippen LogP contribution in [0, 0.1) is 0 Å². The molecular weight excluding hydrogens is 424 g/mol. The van der Waals surface area contributed by atoms with Gasteiger partial charge in [-0.3, -0.25) is 4.79 Å². The molecular formula is C22H26N8O3. The predicted molar refractivity (Wildman–Crippen MR) is 124 cm³/mol. The number of amides is 2. The summed E-state index contributed by atoms with van der Waals surface area (Å²) in [5, 5.41) is 3.09. The summed E-state index contributed by atoms with van der Waals surface area (Å²) in [5.74, 6) is 0.968. The molecule has 0 bridgehead atoms. The van der Waals surface area contributed by atoms with Gasteiger partial charge >= 0.3 is 6.09 Å². The number of ether oxygens (including phenoxy) is 1. The van der Waals surface area contributed by atoms with Gasteiger partial charge in [0.1, 0.15) is 11.4 Å². The number of carbonyl (C=O) groups is 2. The molecule has 11 heteroatoms. The third-order valence-corrected chi connectivity index (χ3v) is 5.28. The monoisotopic (exact) mass is 450 g/mol. The lowest BCUT2D eigenvalue weighted by atomic mass is 10.2. The molecule has 33 heavy (non-hydrogen) atoms. The minimum absolute atomic E-state index is 0.149. The Bertz CT molecular complexity index is 1160. The predicted octanol–water partition coefficient (Wildman–Crippen LogP) is 1.83. The van der Waals surface area contributed by atoms with Crippen LogP contribution in [0.1, 0.15) is 23.0 Å². The Morgan fingerprint density at radius 1 is 1.24 bits per heavy atom. The maximum Gasteiger partial charge on any atom is 0.404 e. The quantitative estimate of drug-likeness (QED) is 0.557. The number of nitrogens with two attached hydrogens (primary N) is 1. The summed E-state index contributed by atoms with van der Waals surface area (Å²) < 4.78 is 6.63. The van der Waals surface area contributed by atoms with Crippen molar-refractivity contribution < 1.29 is 14.3 Å². The van der Waals surface area contributed by atoms with Crippen LogP contribution in [-0.2, 0) is 11.2 Å². The molecule has 0 spiro atoms. The van der Waals surface area contributed by atoms with E-state index in [-0.39, 0.29) is 12.5 Å². The zero-order valence-corrected chi connectivity index (χ0v) is 18.6. The van der Waals surface area contributed by atoms with E-state index in [0.717, 1.165) is 17.1 Å². The number of anilines is 3. The van der Waals surface area contributed by atoms with Gasteiger partial charge in [-0.1, -0.05) is 6.07 Å². The highest BCUT2D eigenvalue weighted by Gasteiger charge is 2.28. The van der Waals surface area contributed by atoms with E-state index in [4.69, 9.17) is 10.5 Å². The molecule has 0 saturated carbocycles. The van der Waals surface area contributed by atoms with Crippen molar-refractivity contribution in [2.24, 2.45) is 5.73 Å². The van der Waals surface area contributed by atoms with E-state index in [1.54, 1.807) is 17.4 Å². The number of likely N-dealkylation sites (N-methyl/N-ethyl adjacent to an activating group) is 1. The van der Waals surface area contributed by atoms with Crippen molar-refractivity contribution in [3.05, 3.63) is 54.2 Å². The molecule has 4 rings (SSSR count). The summed E-state index contributed by atoms with van der Waals surface area (Å²) in [5.41, 5.74) is 7.83. The van der Waals surface area contributed by atoms with E-state index < -0.39 is 6.09 Å². The molecule has 0 atom stereocenters. The van der Waals surface area contributed by atoms with E-state index in [0.29, 0.717) is 43.4 Å². The number of nitrogens with one attached hydrogen (secondary N) is 1. The molecule has 2 aromatic heterocycles. The fraction of sp³-hybridized carbons (Fsp3) is 0.318.